The van der Waals surface area contributed by atoms with Crippen molar-refractivity contribution >= 4 is 72.6 Å². The summed E-state index contributed by atoms with van der Waals surface area (Å²) in [6.07, 6.45) is 2.02. The summed E-state index contributed by atoms with van der Waals surface area (Å²) < 4.78 is 0. The number of amides is 6. The van der Waals surface area contributed by atoms with Crippen molar-refractivity contribution < 1.29 is 53.7 Å². The number of aliphatic hydroxyl groups is 1. The van der Waals surface area contributed by atoms with Crippen LogP contribution in [0.25, 0.3) is 0 Å². The quantitative estimate of drug-likeness (QED) is 0.0499. The van der Waals surface area contributed by atoms with Crippen molar-refractivity contribution in [2.24, 2.45) is 11.7 Å². The number of nitrogens with zero attached hydrogens (tertiary/aromatic N) is 1. The first kappa shape index (κ1) is 42.6. The Hall–Kier alpha value is -4.41. The maximum atomic E-state index is 13.1. The molecule has 0 bridgehead atoms. The lowest BCUT2D eigenvalue weighted by atomic mass is 9.98. The van der Waals surface area contributed by atoms with Crippen LogP contribution in [0.15, 0.2) is 12.5 Å². The lowest BCUT2D eigenvalue weighted by Gasteiger charge is -2.25. The number of carbonyl (C=O) groups is 8. The number of rotatable bonds is 22. The van der Waals surface area contributed by atoms with Gasteiger partial charge in [-0.3, -0.25) is 33.6 Å². The number of H-pyrrole nitrogens is 1. The number of aromatic amines is 1. The molecule has 0 saturated carbocycles. The van der Waals surface area contributed by atoms with Gasteiger partial charge in [-0.15, -0.1) is 0 Å². The number of thiol groups is 2. The van der Waals surface area contributed by atoms with Crippen molar-refractivity contribution in [2.75, 3.05) is 24.7 Å². The molecule has 1 aromatic rings. The molecule has 0 saturated heterocycles. The van der Waals surface area contributed by atoms with Gasteiger partial charge in [0.15, 0.2) is 0 Å². The zero-order valence-corrected chi connectivity index (χ0v) is 28.5. The van der Waals surface area contributed by atoms with Gasteiger partial charge in [0.05, 0.1) is 31.9 Å². The molecule has 12 N–H and O–H groups in total. The average Bonchev–Trinajstić information content (AvgIpc) is 3.58. The molecule has 1 heterocycles. The number of carboxylic acid groups (broad SMARTS) is 2. The molecule has 0 aromatic carbocycles. The average molecular weight is 734 g/mol. The summed E-state index contributed by atoms with van der Waals surface area (Å²) in [6, 6.07) is -8.43. The molecule has 6 amide bonds. The van der Waals surface area contributed by atoms with Crippen LogP contribution in [0.3, 0.4) is 0 Å². The summed E-state index contributed by atoms with van der Waals surface area (Å²) >= 11 is 7.83. The lowest BCUT2D eigenvalue weighted by Crippen LogP contribution is -2.60. The molecule has 20 nitrogen and oxygen atoms in total. The van der Waals surface area contributed by atoms with E-state index in [-0.39, 0.29) is 17.9 Å². The molecule has 22 heteroatoms. The van der Waals surface area contributed by atoms with Crippen molar-refractivity contribution in [3.63, 3.8) is 0 Å². The highest BCUT2D eigenvalue weighted by Crippen LogP contribution is 2.09. The van der Waals surface area contributed by atoms with Crippen molar-refractivity contribution in [3.8, 4) is 0 Å². The van der Waals surface area contributed by atoms with Gasteiger partial charge in [-0.1, -0.05) is 20.3 Å². The smallest absolute Gasteiger partial charge is 0.327 e. The number of aliphatic hydroxyl groups excluding tert-OH is 1. The molecule has 1 aromatic heterocycles. The summed E-state index contributed by atoms with van der Waals surface area (Å²) in [4.78, 5) is 106. The number of imidazole rings is 1. The van der Waals surface area contributed by atoms with Crippen molar-refractivity contribution in [1.29, 1.82) is 0 Å². The summed E-state index contributed by atoms with van der Waals surface area (Å²) in [5, 5.41) is 41.9. The highest BCUT2D eigenvalue weighted by atomic mass is 32.1. The van der Waals surface area contributed by atoms with E-state index in [1.165, 1.54) is 12.5 Å². The lowest BCUT2D eigenvalue weighted by molar-refractivity contribution is -0.141. The Bertz CT molecular complexity index is 1320. The molecule has 0 fully saturated rings. The van der Waals surface area contributed by atoms with Crippen molar-refractivity contribution in [2.45, 2.75) is 69.4 Å². The minimum absolute atomic E-state index is 0.0437. The van der Waals surface area contributed by atoms with Gasteiger partial charge in [-0.2, -0.15) is 25.3 Å². The maximum absolute atomic E-state index is 13.1. The molecule has 274 valence electrons. The Morgan fingerprint density at radius 2 is 1.43 bits per heavy atom. The number of aromatic nitrogens is 2. The molecule has 0 unspecified atom stereocenters. The predicted molar refractivity (Wildman–Crippen MR) is 177 cm³/mol. The molecule has 7 atom stereocenters. The number of nitrogens with two attached hydrogens (primary N) is 1. The molecular formula is C27H43N9O11S2. The predicted octanol–water partition coefficient (Wildman–Crippen LogP) is -4.72. The summed E-state index contributed by atoms with van der Waals surface area (Å²) in [5.74, 6) is -9.28. The number of hydrogen-bond acceptors (Lipinski definition) is 13. The third-order valence-electron chi connectivity index (χ3n) is 7.00. The van der Waals surface area contributed by atoms with E-state index >= 15 is 0 Å². The van der Waals surface area contributed by atoms with Crippen LogP contribution >= 0.6 is 25.3 Å². The van der Waals surface area contributed by atoms with Crippen molar-refractivity contribution in [3.05, 3.63) is 18.2 Å². The van der Waals surface area contributed by atoms with Crippen LogP contribution in [0, 0.1) is 5.92 Å². The van der Waals surface area contributed by atoms with E-state index in [0.717, 1.165) is 0 Å². The highest BCUT2D eigenvalue weighted by Gasteiger charge is 2.33. The number of carbonyl (C=O) groups excluding carboxylic acids is 6. The number of nitrogens with one attached hydrogen (secondary N) is 7. The maximum Gasteiger partial charge on any atom is 0.327 e. The van der Waals surface area contributed by atoms with E-state index in [4.69, 9.17) is 5.73 Å². The zero-order valence-electron chi connectivity index (χ0n) is 26.7. The van der Waals surface area contributed by atoms with Gasteiger partial charge < -0.3 is 57.9 Å². The van der Waals surface area contributed by atoms with E-state index in [2.05, 4.69) is 67.1 Å². The first-order valence-corrected chi connectivity index (χ1v) is 16.1. The van der Waals surface area contributed by atoms with Crippen molar-refractivity contribution in [1.82, 2.24) is 41.9 Å². The van der Waals surface area contributed by atoms with E-state index in [1.807, 2.05) is 0 Å². The Morgan fingerprint density at radius 3 is 1.94 bits per heavy atom. The number of hydrogen-bond donors (Lipinski definition) is 13. The molecule has 1 rings (SSSR count). The van der Waals surface area contributed by atoms with Crippen LogP contribution in [0.4, 0.5) is 0 Å². The zero-order chi connectivity index (χ0) is 37.3. The topological polar surface area (TPSA) is 324 Å². The minimum atomic E-state index is -1.79. The normalized spacial score (nSPS) is 15.1. The van der Waals surface area contributed by atoms with Gasteiger partial charge in [-0.25, -0.2) is 9.78 Å². The van der Waals surface area contributed by atoms with Crippen LogP contribution in [0.5, 0.6) is 0 Å². The van der Waals surface area contributed by atoms with Gasteiger partial charge in [0.2, 0.25) is 35.4 Å². The fourth-order valence-corrected chi connectivity index (χ4v) is 4.39. The van der Waals surface area contributed by atoms with E-state index in [0.29, 0.717) is 12.1 Å². The van der Waals surface area contributed by atoms with Crippen LogP contribution in [0.1, 0.15) is 32.4 Å². The number of carboxylic acids is 2. The van der Waals surface area contributed by atoms with Crippen LogP contribution in [-0.4, -0.2) is 134 Å². The Balaban J connectivity index is 2.98. The summed E-state index contributed by atoms with van der Waals surface area (Å²) in [6.45, 7) is 1.57. The Labute approximate surface area is 291 Å². The van der Waals surface area contributed by atoms with Crippen LogP contribution in [0.2, 0.25) is 0 Å². The fourth-order valence-electron chi connectivity index (χ4n) is 3.97. The minimum Gasteiger partial charge on any atom is -0.481 e. The summed E-state index contributed by atoms with van der Waals surface area (Å²) in [5.41, 5.74) is 6.10. The van der Waals surface area contributed by atoms with Gasteiger partial charge in [0, 0.05) is 29.8 Å². The van der Waals surface area contributed by atoms with Crippen LogP contribution in [-0.2, 0) is 44.8 Å². The van der Waals surface area contributed by atoms with E-state index < -0.39 is 109 Å². The molecular weight excluding hydrogens is 690 g/mol. The second-order valence-electron chi connectivity index (χ2n) is 10.8. The van der Waals surface area contributed by atoms with Gasteiger partial charge in [0.1, 0.15) is 30.2 Å². The third kappa shape index (κ3) is 14.7. The highest BCUT2D eigenvalue weighted by molar-refractivity contribution is 7.80. The Morgan fingerprint density at radius 1 is 0.837 bits per heavy atom. The second-order valence-corrected chi connectivity index (χ2v) is 11.5. The van der Waals surface area contributed by atoms with Gasteiger partial charge in [0.25, 0.3) is 0 Å². The molecule has 0 spiro atoms. The molecule has 0 radical (unpaired) electrons. The first-order valence-electron chi connectivity index (χ1n) is 14.9. The van der Waals surface area contributed by atoms with E-state index in [9.17, 15) is 53.7 Å². The number of aliphatic carboxylic acids is 2. The Kier molecular flexibility index (Phi) is 18.7. The van der Waals surface area contributed by atoms with E-state index in [1.54, 1.807) is 13.8 Å². The third-order valence-corrected chi connectivity index (χ3v) is 7.76. The van der Waals surface area contributed by atoms with Gasteiger partial charge >= 0.3 is 11.9 Å². The van der Waals surface area contributed by atoms with Gasteiger partial charge in [-0.05, 0) is 5.92 Å². The first-order chi connectivity index (χ1) is 23.1. The largest absolute Gasteiger partial charge is 0.481 e. The molecule has 0 aliphatic heterocycles. The molecule has 0 aliphatic rings. The molecule has 0 aliphatic carbocycles. The SMILES string of the molecule is CC[C@H](C)[C@H](NC(=O)CNC(=O)[C@H](CC(=O)O)NC(=O)[C@H](CO)NC(=O)[C@H](Cc1cnc[nH]1)NC(=O)[C@@H](N)CS)C(=O)N[C@@H](CS)C(=O)O. The summed E-state index contributed by atoms with van der Waals surface area (Å²) in [7, 11) is 0. The standard InChI is InChI=1S/C27H43N9O11S2/c1-3-12(2)21(26(45)35-18(10-49)27(46)47)36-19(38)7-30-23(42)16(5-20(39)40)33-25(44)17(8-37)34-24(43)15(4-13-6-29-11-31-13)32-22(41)14(28)9-48/h6,11-12,14-18,21,37,48-49H,3-5,7-10,28H2,1-2H3,(H,29,31)(H,30,42)(H,32,41)(H,33,44)(H,34,43)(H,35,45)(H,36,38)(H,39,40)(H,46,47)/t12-,14-,15-,16-,17-,18-,21-/m0/s1. The monoisotopic (exact) mass is 733 g/mol. The molecule has 49 heavy (non-hydrogen) atoms. The fraction of sp³-hybridized carbons (Fsp3) is 0.593. The second kappa shape index (κ2) is 21.5. The van der Waals surface area contributed by atoms with Crippen LogP contribution < -0.4 is 37.6 Å².